The molecule has 1 heterocycles. The van der Waals surface area contributed by atoms with Crippen molar-refractivity contribution in [3.05, 3.63) is 40.4 Å². The molecule has 1 aliphatic rings. The Morgan fingerprint density at radius 2 is 1.80 bits per heavy atom. The maximum atomic E-state index is 10.8. The Kier molecular flexibility index (Phi) is 1.90. The van der Waals surface area contributed by atoms with Gasteiger partial charge >= 0.3 is 0 Å². The van der Waals surface area contributed by atoms with Crippen molar-refractivity contribution in [3.63, 3.8) is 0 Å². The second kappa shape index (κ2) is 3.15. The average Bonchev–Trinajstić information content (AvgIpc) is 2.64. The van der Waals surface area contributed by atoms with Gasteiger partial charge in [-0.2, -0.15) is 0 Å². The Morgan fingerprint density at radius 3 is 2.53 bits per heavy atom. The molecule has 1 aliphatic heterocycles. The average molecular weight is 235 g/mol. The highest BCUT2D eigenvalue weighted by Gasteiger charge is 2.21. The first-order valence-corrected chi connectivity index (χ1v) is 6.47. The predicted octanol–water partition coefficient (Wildman–Crippen LogP) is 3.86. The molecule has 0 bridgehead atoms. The lowest BCUT2D eigenvalue weighted by atomic mass is 10.1. The lowest BCUT2D eigenvalue weighted by molar-refractivity contribution is -0.383. The Bertz CT molecular complexity index is 573. The van der Waals surface area contributed by atoms with Crippen molar-refractivity contribution < 1.29 is 4.92 Å². The Balaban J connectivity index is 2.48. The molecule has 5 heteroatoms. The van der Waals surface area contributed by atoms with Crippen LogP contribution in [-0.4, -0.2) is 4.92 Å². The second-order valence-corrected chi connectivity index (χ2v) is 5.40. The van der Waals surface area contributed by atoms with Crippen LogP contribution in [0.15, 0.2) is 40.1 Å². The summed E-state index contributed by atoms with van der Waals surface area (Å²) >= 11 is 0. The van der Waals surface area contributed by atoms with Gasteiger partial charge in [0.05, 0.1) is 10.3 Å². The van der Waals surface area contributed by atoms with Crippen LogP contribution in [0.2, 0.25) is 0 Å². The molecule has 0 aliphatic carbocycles. The fourth-order valence-electron chi connectivity index (χ4n) is 1.71. The van der Waals surface area contributed by atoms with Crippen LogP contribution in [0.5, 0.6) is 0 Å². The van der Waals surface area contributed by atoms with Crippen molar-refractivity contribution in [2.24, 2.45) is 0 Å². The molecule has 0 N–H and O–H groups in total. The minimum atomic E-state index is -0.323. The molecule has 3 rings (SSSR count). The quantitative estimate of drug-likeness (QED) is 0.427. The van der Waals surface area contributed by atoms with Crippen LogP contribution in [0.25, 0.3) is 10.8 Å². The zero-order valence-corrected chi connectivity index (χ0v) is 9.10. The van der Waals surface area contributed by atoms with E-state index in [0.29, 0.717) is 0 Å². The number of hydrogen-bond acceptors (Lipinski definition) is 4. The zero-order chi connectivity index (χ0) is 10.4. The van der Waals surface area contributed by atoms with Gasteiger partial charge in [-0.3, -0.25) is 10.1 Å². The molecular weight excluding hydrogens is 230 g/mol. The molecule has 0 spiro atoms. The highest BCUT2D eigenvalue weighted by molar-refractivity contribution is 8.77. The number of nitro groups is 1. The van der Waals surface area contributed by atoms with Crippen molar-refractivity contribution in [2.75, 3.05) is 0 Å². The van der Waals surface area contributed by atoms with E-state index in [1.165, 1.54) is 0 Å². The summed E-state index contributed by atoms with van der Waals surface area (Å²) in [7, 11) is 3.32. The Morgan fingerprint density at radius 1 is 1.07 bits per heavy atom. The highest BCUT2D eigenvalue weighted by Crippen LogP contribution is 2.52. The molecule has 0 radical (unpaired) electrons. The SMILES string of the molecule is O=[N+]([O-])c1ccc2c3c(cccc13)SS2. The summed E-state index contributed by atoms with van der Waals surface area (Å²) in [6.45, 7) is 0. The Labute approximate surface area is 93.4 Å². The van der Waals surface area contributed by atoms with E-state index in [1.54, 1.807) is 27.7 Å². The van der Waals surface area contributed by atoms with Gasteiger partial charge in [0, 0.05) is 21.2 Å². The molecule has 0 amide bonds. The maximum absolute atomic E-state index is 10.8. The number of nitrogens with zero attached hydrogens (tertiary/aromatic N) is 1. The monoisotopic (exact) mass is 235 g/mol. The van der Waals surface area contributed by atoms with Gasteiger partial charge in [-0.15, -0.1) is 0 Å². The normalized spacial score (nSPS) is 13.3. The van der Waals surface area contributed by atoms with Gasteiger partial charge in [0.25, 0.3) is 5.69 Å². The van der Waals surface area contributed by atoms with E-state index in [9.17, 15) is 10.1 Å². The molecule has 0 unspecified atom stereocenters. The highest BCUT2D eigenvalue weighted by atomic mass is 33.1. The van der Waals surface area contributed by atoms with Gasteiger partial charge < -0.3 is 0 Å². The minimum Gasteiger partial charge on any atom is -0.258 e. The third-order valence-corrected chi connectivity index (χ3v) is 4.81. The summed E-state index contributed by atoms with van der Waals surface area (Å²) in [5, 5.41) is 12.6. The largest absolute Gasteiger partial charge is 0.277 e. The topological polar surface area (TPSA) is 43.1 Å². The third kappa shape index (κ3) is 1.23. The van der Waals surface area contributed by atoms with E-state index in [1.807, 2.05) is 24.3 Å². The summed E-state index contributed by atoms with van der Waals surface area (Å²) in [4.78, 5) is 12.8. The molecule has 0 saturated heterocycles. The molecule has 74 valence electrons. The molecule has 0 atom stereocenters. The smallest absolute Gasteiger partial charge is 0.258 e. The Hall–Kier alpha value is -1.20. The van der Waals surface area contributed by atoms with Gasteiger partial charge in [-0.05, 0) is 18.2 Å². The fraction of sp³-hybridized carbons (Fsp3) is 0. The number of benzene rings is 2. The molecule has 3 nitrogen and oxygen atoms in total. The standard InChI is InChI=1S/C10H5NO2S2/c12-11(13)7-4-5-9-10-6(7)2-1-3-8(10)14-15-9/h1-5H. The zero-order valence-electron chi connectivity index (χ0n) is 7.47. The van der Waals surface area contributed by atoms with E-state index in [4.69, 9.17) is 0 Å². The van der Waals surface area contributed by atoms with E-state index >= 15 is 0 Å². The van der Waals surface area contributed by atoms with Crippen LogP contribution >= 0.6 is 21.6 Å². The van der Waals surface area contributed by atoms with Gasteiger partial charge in [0.2, 0.25) is 0 Å². The van der Waals surface area contributed by atoms with Crippen LogP contribution in [-0.2, 0) is 0 Å². The lowest BCUT2D eigenvalue weighted by Gasteiger charge is -2.00. The molecule has 2 aromatic carbocycles. The van der Waals surface area contributed by atoms with Crippen LogP contribution in [0.3, 0.4) is 0 Å². The van der Waals surface area contributed by atoms with Crippen LogP contribution in [0.1, 0.15) is 0 Å². The van der Waals surface area contributed by atoms with Crippen molar-refractivity contribution in [3.8, 4) is 0 Å². The molecule has 2 aromatic rings. The summed E-state index contributed by atoms with van der Waals surface area (Å²) in [5.74, 6) is 0. The molecule has 0 saturated carbocycles. The predicted molar refractivity (Wildman–Crippen MR) is 62.3 cm³/mol. The van der Waals surface area contributed by atoms with Gasteiger partial charge in [0.1, 0.15) is 0 Å². The summed E-state index contributed by atoms with van der Waals surface area (Å²) in [6.07, 6.45) is 0. The maximum Gasteiger partial charge on any atom is 0.277 e. The van der Waals surface area contributed by atoms with Gasteiger partial charge in [-0.25, -0.2) is 0 Å². The van der Waals surface area contributed by atoms with E-state index in [2.05, 4.69) is 0 Å². The second-order valence-electron chi connectivity index (χ2n) is 3.19. The van der Waals surface area contributed by atoms with Crippen LogP contribution in [0.4, 0.5) is 5.69 Å². The number of rotatable bonds is 1. The molecule has 0 aromatic heterocycles. The van der Waals surface area contributed by atoms with E-state index in [-0.39, 0.29) is 10.6 Å². The first-order chi connectivity index (χ1) is 7.27. The minimum absolute atomic E-state index is 0.193. The van der Waals surface area contributed by atoms with Crippen molar-refractivity contribution in [1.29, 1.82) is 0 Å². The number of hydrogen-bond donors (Lipinski definition) is 0. The van der Waals surface area contributed by atoms with E-state index in [0.717, 1.165) is 20.6 Å². The van der Waals surface area contributed by atoms with Crippen LogP contribution < -0.4 is 0 Å². The molecule has 0 fully saturated rings. The van der Waals surface area contributed by atoms with Gasteiger partial charge in [-0.1, -0.05) is 27.7 Å². The van der Waals surface area contributed by atoms with Crippen molar-refractivity contribution in [2.45, 2.75) is 9.79 Å². The first kappa shape index (κ1) is 9.06. The van der Waals surface area contributed by atoms with Gasteiger partial charge in [0.15, 0.2) is 0 Å². The number of nitro benzene ring substituents is 1. The molecule has 15 heavy (non-hydrogen) atoms. The molecular formula is C10H5NO2S2. The first-order valence-electron chi connectivity index (χ1n) is 4.32. The van der Waals surface area contributed by atoms with Crippen molar-refractivity contribution >= 4 is 38.0 Å². The van der Waals surface area contributed by atoms with Crippen molar-refractivity contribution in [1.82, 2.24) is 0 Å². The summed E-state index contributed by atoms with van der Waals surface area (Å²) in [6, 6.07) is 9.09. The summed E-state index contributed by atoms with van der Waals surface area (Å²) in [5.41, 5.74) is 0.193. The third-order valence-electron chi connectivity index (χ3n) is 2.36. The fourth-order valence-corrected chi connectivity index (χ4v) is 4.19. The van der Waals surface area contributed by atoms with Crippen LogP contribution in [0, 0.1) is 10.1 Å². The summed E-state index contributed by atoms with van der Waals surface area (Å²) < 4.78 is 0. The lowest BCUT2D eigenvalue weighted by Crippen LogP contribution is -1.89. The number of non-ortho nitro benzene ring substituents is 1. The van der Waals surface area contributed by atoms with E-state index < -0.39 is 0 Å².